The average Bonchev–Trinajstić information content (AvgIpc) is 2.39. The zero-order valence-corrected chi connectivity index (χ0v) is 11.8. The predicted molar refractivity (Wildman–Crippen MR) is 69.0 cm³/mol. The third kappa shape index (κ3) is 5.16. The average molecular weight is 275 g/mol. The van der Waals surface area contributed by atoms with Gasteiger partial charge in [0.25, 0.3) is 0 Å². The highest BCUT2D eigenvalue weighted by Crippen LogP contribution is 2.20. The molecule has 0 spiro atoms. The van der Waals surface area contributed by atoms with Gasteiger partial charge in [-0.05, 0) is 19.8 Å². The summed E-state index contributed by atoms with van der Waals surface area (Å²) in [4.78, 5) is 24.8. The van der Waals surface area contributed by atoms with Gasteiger partial charge >= 0.3 is 0 Å². The van der Waals surface area contributed by atoms with Gasteiger partial charge < -0.3 is 4.90 Å². The van der Waals surface area contributed by atoms with Crippen LogP contribution in [0.3, 0.4) is 0 Å². The Bertz CT molecular complexity index is 416. The zero-order chi connectivity index (χ0) is 13.8. The summed E-state index contributed by atoms with van der Waals surface area (Å²) in [5, 5.41) is 0. The van der Waals surface area contributed by atoms with Crippen molar-refractivity contribution in [1.29, 1.82) is 0 Å². The summed E-state index contributed by atoms with van der Waals surface area (Å²) in [5.74, 6) is -0.786. The van der Waals surface area contributed by atoms with E-state index in [-0.39, 0.29) is 17.7 Å². The number of carbonyl (C=O) groups is 2. The predicted octanol–water partition coefficient (Wildman–Crippen LogP) is 0.781. The Labute approximate surface area is 108 Å². The highest BCUT2D eigenvalue weighted by atomic mass is 32.2. The molecule has 1 amide bonds. The monoisotopic (exact) mass is 275 g/mol. The van der Waals surface area contributed by atoms with Gasteiger partial charge in [0, 0.05) is 25.3 Å². The first kappa shape index (κ1) is 15.1. The minimum Gasteiger partial charge on any atom is -0.338 e. The maximum atomic E-state index is 12.0. The van der Waals surface area contributed by atoms with Crippen LogP contribution in [0, 0.1) is 0 Å². The van der Waals surface area contributed by atoms with Crippen molar-refractivity contribution in [1.82, 2.24) is 4.90 Å². The van der Waals surface area contributed by atoms with E-state index in [2.05, 4.69) is 0 Å². The van der Waals surface area contributed by atoms with Crippen LogP contribution in [0.5, 0.6) is 0 Å². The van der Waals surface area contributed by atoms with E-state index in [1.165, 1.54) is 6.92 Å². The summed E-state index contributed by atoms with van der Waals surface area (Å²) in [5.41, 5.74) is 0. The van der Waals surface area contributed by atoms with Gasteiger partial charge in [-0.1, -0.05) is 12.8 Å². The highest BCUT2D eigenvalue weighted by Gasteiger charge is 2.27. The summed E-state index contributed by atoms with van der Waals surface area (Å²) in [6, 6.07) is -0.126. The summed E-state index contributed by atoms with van der Waals surface area (Å²) in [7, 11) is -3.31. The molecule has 0 aromatic heterocycles. The van der Waals surface area contributed by atoms with Crippen molar-refractivity contribution >= 4 is 21.5 Å². The van der Waals surface area contributed by atoms with E-state index in [1.807, 2.05) is 0 Å². The molecule has 1 aliphatic heterocycles. The zero-order valence-electron chi connectivity index (χ0n) is 11.0. The first-order valence-electron chi connectivity index (χ1n) is 6.26. The number of ketones is 1. The van der Waals surface area contributed by atoms with Crippen LogP contribution >= 0.6 is 0 Å². The fourth-order valence-electron chi connectivity index (χ4n) is 2.36. The third-order valence-electron chi connectivity index (χ3n) is 3.11. The maximum Gasteiger partial charge on any atom is 0.238 e. The van der Waals surface area contributed by atoms with Crippen LogP contribution < -0.4 is 0 Å². The van der Waals surface area contributed by atoms with Crippen molar-refractivity contribution in [2.45, 2.75) is 45.1 Å². The molecule has 1 fully saturated rings. The van der Waals surface area contributed by atoms with E-state index >= 15 is 0 Å². The Balaban J connectivity index is 2.78. The second-order valence-corrected chi connectivity index (χ2v) is 7.21. The van der Waals surface area contributed by atoms with Crippen LogP contribution in [0.15, 0.2) is 0 Å². The molecule has 0 bridgehead atoms. The molecule has 1 aliphatic rings. The maximum absolute atomic E-state index is 12.0. The van der Waals surface area contributed by atoms with Crippen molar-refractivity contribution in [2.24, 2.45) is 0 Å². The summed E-state index contributed by atoms with van der Waals surface area (Å²) in [6.07, 6.45) is 5.06. The van der Waals surface area contributed by atoms with E-state index in [1.54, 1.807) is 4.90 Å². The third-order valence-corrected chi connectivity index (χ3v) is 3.88. The number of nitrogens with zero attached hydrogens (tertiary/aromatic N) is 1. The number of hydrogen-bond acceptors (Lipinski definition) is 4. The highest BCUT2D eigenvalue weighted by molar-refractivity contribution is 7.91. The Kier molecular flexibility index (Phi) is 5.31. The molecule has 0 aromatic carbocycles. The lowest BCUT2D eigenvalue weighted by Gasteiger charge is -2.29. The standard InChI is InChI=1S/C12H21NO4S/c1-10(14)8-11-6-4-3-5-7-13(11)12(15)9-18(2,16)17/h11H,3-9H2,1-2H3. The van der Waals surface area contributed by atoms with Crippen LogP contribution in [0.2, 0.25) is 0 Å². The first-order valence-corrected chi connectivity index (χ1v) is 8.32. The van der Waals surface area contributed by atoms with Crippen molar-refractivity contribution in [2.75, 3.05) is 18.6 Å². The van der Waals surface area contributed by atoms with E-state index in [0.717, 1.165) is 31.9 Å². The topological polar surface area (TPSA) is 71.5 Å². The Hall–Kier alpha value is -0.910. The molecule has 0 N–H and O–H groups in total. The molecular formula is C12H21NO4S. The summed E-state index contributed by atoms with van der Waals surface area (Å²) >= 11 is 0. The lowest BCUT2D eigenvalue weighted by Crippen LogP contribution is -2.43. The minimum absolute atomic E-state index is 0.0408. The number of hydrogen-bond donors (Lipinski definition) is 0. The van der Waals surface area contributed by atoms with Crippen molar-refractivity contribution < 1.29 is 18.0 Å². The van der Waals surface area contributed by atoms with Crippen LogP contribution in [0.1, 0.15) is 39.0 Å². The quantitative estimate of drug-likeness (QED) is 0.760. The smallest absolute Gasteiger partial charge is 0.238 e. The van der Waals surface area contributed by atoms with Crippen LogP contribution in [-0.2, 0) is 19.4 Å². The van der Waals surface area contributed by atoms with Crippen molar-refractivity contribution in [3.63, 3.8) is 0 Å². The molecule has 18 heavy (non-hydrogen) atoms. The van der Waals surface area contributed by atoms with Gasteiger partial charge in [-0.15, -0.1) is 0 Å². The molecule has 104 valence electrons. The summed E-state index contributed by atoms with van der Waals surface area (Å²) < 4.78 is 22.4. The molecule has 0 aliphatic carbocycles. The molecule has 0 saturated carbocycles. The molecule has 1 rings (SSSR count). The van der Waals surface area contributed by atoms with Gasteiger partial charge in [-0.25, -0.2) is 8.42 Å². The van der Waals surface area contributed by atoms with Gasteiger partial charge in [-0.3, -0.25) is 9.59 Å². The Morgan fingerprint density at radius 3 is 2.44 bits per heavy atom. The van der Waals surface area contributed by atoms with Gasteiger partial charge in [0.05, 0.1) is 0 Å². The van der Waals surface area contributed by atoms with Crippen molar-refractivity contribution in [3.8, 4) is 0 Å². The number of amides is 1. The van der Waals surface area contributed by atoms with E-state index in [0.29, 0.717) is 13.0 Å². The fourth-order valence-corrected chi connectivity index (χ4v) is 2.97. The van der Waals surface area contributed by atoms with Crippen LogP contribution in [-0.4, -0.2) is 49.6 Å². The first-order chi connectivity index (χ1) is 8.29. The van der Waals surface area contributed by atoms with E-state index in [9.17, 15) is 18.0 Å². The molecule has 1 unspecified atom stereocenters. The normalized spacial score (nSPS) is 21.4. The van der Waals surface area contributed by atoms with E-state index in [4.69, 9.17) is 0 Å². The second kappa shape index (κ2) is 6.31. The lowest BCUT2D eigenvalue weighted by atomic mass is 10.0. The molecule has 1 heterocycles. The van der Waals surface area contributed by atoms with Crippen LogP contribution in [0.4, 0.5) is 0 Å². The van der Waals surface area contributed by atoms with Gasteiger partial charge in [-0.2, -0.15) is 0 Å². The van der Waals surface area contributed by atoms with Crippen molar-refractivity contribution in [3.05, 3.63) is 0 Å². The number of carbonyl (C=O) groups excluding carboxylic acids is 2. The molecule has 1 atom stereocenters. The largest absolute Gasteiger partial charge is 0.338 e. The summed E-state index contributed by atoms with van der Waals surface area (Å²) in [6.45, 7) is 2.07. The molecule has 0 aromatic rings. The fraction of sp³-hybridized carbons (Fsp3) is 0.833. The molecule has 1 saturated heterocycles. The molecular weight excluding hydrogens is 254 g/mol. The number of likely N-dealkylation sites (tertiary alicyclic amines) is 1. The Morgan fingerprint density at radius 1 is 1.22 bits per heavy atom. The van der Waals surface area contributed by atoms with Crippen LogP contribution in [0.25, 0.3) is 0 Å². The van der Waals surface area contributed by atoms with Gasteiger partial charge in [0.15, 0.2) is 9.84 Å². The lowest BCUT2D eigenvalue weighted by molar-refractivity contribution is -0.131. The van der Waals surface area contributed by atoms with Gasteiger partial charge in [0.1, 0.15) is 11.5 Å². The second-order valence-electron chi connectivity index (χ2n) is 5.07. The van der Waals surface area contributed by atoms with E-state index < -0.39 is 15.6 Å². The molecule has 0 radical (unpaired) electrons. The Morgan fingerprint density at radius 2 is 1.89 bits per heavy atom. The number of rotatable bonds is 4. The van der Waals surface area contributed by atoms with Gasteiger partial charge in [0.2, 0.25) is 5.91 Å². The molecule has 6 heteroatoms. The number of sulfone groups is 1. The minimum atomic E-state index is -3.31. The SMILES string of the molecule is CC(=O)CC1CCCCCN1C(=O)CS(C)(=O)=O. The molecule has 5 nitrogen and oxygen atoms in total. The number of Topliss-reactive ketones (excluding diaryl/α,β-unsaturated/α-hetero) is 1.